The summed E-state index contributed by atoms with van der Waals surface area (Å²) in [6.07, 6.45) is 4.33. The summed E-state index contributed by atoms with van der Waals surface area (Å²) in [6.45, 7) is 4.30. The van der Waals surface area contributed by atoms with Gasteiger partial charge in [0.2, 0.25) is 0 Å². The number of hydrogen-bond donors (Lipinski definition) is 0. The van der Waals surface area contributed by atoms with Gasteiger partial charge in [0.1, 0.15) is 0 Å². The fraction of sp³-hybridized carbons (Fsp3) is 0.143. The first kappa shape index (κ1) is 10.1. The van der Waals surface area contributed by atoms with Crippen LogP contribution >= 0.6 is 22.7 Å². The number of allylic oxidation sites excluding steroid dienone is 1. The quantitative estimate of drug-likeness (QED) is 0.533. The molecule has 0 aliphatic rings. The van der Waals surface area contributed by atoms with Crippen LogP contribution in [-0.2, 0) is 0 Å². The van der Waals surface area contributed by atoms with Crippen LogP contribution in [0.5, 0.6) is 0 Å². The molecule has 0 unspecified atom stereocenters. The first-order valence-corrected chi connectivity index (χ1v) is 6.98. The van der Waals surface area contributed by atoms with E-state index in [1.165, 1.54) is 29.9 Å². The zero-order valence-corrected chi connectivity index (χ0v) is 10.9. The maximum atomic E-state index is 2.23. The van der Waals surface area contributed by atoms with Crippen molar-refractivity contribution in [3.05, 3.63) is 40.8 Å². The summed E-state index contributed by atoms with van der Waals surface area (Å²) in [5.41, 5.74) is 1.43. The Labute approximate surface area is 103 Å². The van der Waals surface area contributed by atoms with Crippen LogP contribution < -0.4 is 0 Å². The van der Waals surface area contributed by atoms with Crippen molar-refractivity contribution >= 4 is 48.2 Å². The third-order valence-electron chi connectivity index (χ3n) is 2.79. The SMILES string of the molecule is C/C=C\c1sc2c(sc3ccccc32)c1C. The minimum absolute atomic E-state index is 1.40. The molecule has 0 fully saturated rings. The largest absolute Gasteiger partial charge is 0.134 e. The average Bonchev–Trinajstić information content (AvgIpc) is 2.79. The standard InChI is InChI=1S/C14H12S2/c1-3-6-11-9(2)13-14(15-11)10-7-4-5-8-12(10)16-13/h3-8H,1-2H3/b6-3-. The number of benzene rings is 1. The average molecular weight is 244 g/mol. The van der Waals surface area contributed by atoms with Gasteiger partial charge in [0.25, 0.3) is 0 Å². The van der Waals surface area contributed by atoms with E-state index in [0.717, 1.165) is 0 Å². The summed E-state index contributed by atoms with van der Waals surface area (Å²) in [4.78, 5) is 1.40. The number of thiophene rings is 2. The molecule has 0 spiro atoms. The maximum absolute atomic E-state index is 2.23. The van der Waals surface area contributed by atoms with Gasteiger partial charge in [0.05, 0.1) is 4.70 Å². The lowest BCUT2D eigenvalue weighted by atomic mass is 10.2. The maximum Gasteiger partial charge on any atom is 0.0538 e. The lowest BCUT2D eigenvalue weighted by molar-refractivity contribution is 1.59. The molecule has 0 N–H and O–H groups in total. The smallest absolute Gasteiger partial charge is 0.0538 e. The normalized spacial score (nSPS) is 12.1. The van der Waals surface area contributed by atoms with Crippen LogP contribution in [0.25, 0.3) is 25.6 Å². The van der Waals surface area contributed by atoms with Crippen LogP contribution in [0.2, 0.25) is 0 Å². The van der Waals surface area contributed by atoms with Crippen LogP contribution in [-0.4, -0.2) is 0 Å². The lowest BCUT2D eigenvalue weighted by Crippen LogP contribution is -1.66. The molecule has 0 saturated carbocycles. The zero-order valence-electron chi connectivity index (χ0n) is 9.28. The van der Waals surface area contributed by atoms with E-state index in [0.29, 0.717) is 0 Å². The molecule has 0 aliphatic heterocycles. The molecule has 0 atom stereocenters. The molecule has 0 radical (unpaired) electrons. The highest BCUT2D eigenvalue weighted by Crippen LogP contribution is 2.42. The Hall–Kier alpha value is -1.12. The molecule has 1 aromatic carbocycles. The number of fused-ring (bicyclic) bond motifs is 3. The second-order valence-corrected chi connectivity index (χ2v) is 5.95. The van der Waals surface area contributed by atoms with Crippen LogP contribution in [0, 0.1) is 6.92 Å². The Bertz CT molecular complexity index is 683. The van der Waals surface area contributed by atoms with Crippen LogP contribution in [0.3, 0.4) is 0 Å². The highest BCUT2D eigenvalue weighted by molar-refractivity contribution is 7.33. The van der Waals surface area contributed by atoms with Crippen molar-refractivity contribution < 1.29 is 0 Å². The fourth-order valence-corrected chi connectivity index (χ4v) is 4.68. The van der Waals surface area contributed by atoms with E-state index >= 15 is 0 Å². The van der Waals surface area contributed by atoms with Gasteiger partial charge in [-0.25, -0.2) is 0 Å². The van der Waals surface area contributed by atoms with E-state index in [9.17, 15) is 0 Å². The molecular formula is C14H12S2. The summed E-state index contributed by atoms with van der Waals surface area (Å²) in [7, 11) is 0. The Morgan fingerprint density at radius 1 is 1.06 bits per heavy atom. The zero-order chi connectivity index (χ0) is 11.1. The van der Waals surface area contributed by atoms with Gasteiger partial charge in [-0.15, -0.1) is 22.7 Å². The van der Waals surface area contributed by atoms with Crippen LogP contribution in [0.15, 0.2) is 30.3 Å². The van der Waals surface area contributed by atoms with Crippen molar-refractivity contribution in [3.63, 3.8) is 0 Å². The topological polar surface area (TPSA) is 0 Å². The second-order valence-electron chi connectivity index (χ2n) is 3.85. The van der Waals surface area contributed by atoms with Gasteiger partial charge in [-0.2, -0.15) is 0 Å². The van der Waals surface area contributed by atoms with Gasteiger partial charge in [-0.3, -0.25) is 0 Å². The minimum Gasteiger partial charge on any atom is -0.134 e. The molecular weight excluding hydrogens is 232 g/mol. The highest BCUT2D eigenvalue weighted by atomic mass is 32.1. The molecule has 0 saturated heterocycles. The number of aryl methyl sites for hydroxylation is 1. The van der Waals surface area contributed by atoms with Gasteiger partial charge in [0, 0.05) is 19.7 Å². The molecule has 2 heteroatoms. The molecule has 80 valence electrons. The first-order valence-electron chi connectivity index (χ1n) is 5.34. The van der Waals surface area contributed by atoms with Gasteiger partial charge in [-0.05, 0) is 31.6 Å². The molecule has 2 aromatic heterocycles. The van der Waals surface area contributed by atoms with E-state index < -0.39 is 0 Å². The van der Waals surface area contributed by atoms with E-state index in [1.54, 1.807) is 0 Å². The molecule has 0 nitrogen and oxygen atoms in total. The van der Waals surface area contributed by atoms with Crippen LogP contribution in [0.1, 0.15) is 17.4 Å². The predicted molar refractivity (Wildman–Crippen MR) is 76.7 cm³/mol. The van der Waals surface area contributed by atoms with Crippen molar-refractivity contribution in [2.75, 3.05) is 0 Å². The summed E-state index contributed by atoms with van der Waals surface area (Å²) in [6, 6.07) is 8.68. The van der Waals surface area contributed by atoms with E-state index in [4.69, 9.17) is 0 Å². The van der Waals surface area contributed by atoms with Crippen molar-refractivity contribution in [3.8, 4) is 0 Å². The predicted octanol–water partition coefficient (Wildman–Crippen LogP) is 5.46. The Balaban J connectivity index is 2.44. The third-order valence-corrected chi connectivity index (χ3v) is 5.50. The van der Waals surface area contributed by atoms with E-state index in [2.05, 4.69) is 50.3 Å². The summed E-state index contributed by atoms with van der Waals surface area (Å²) >= 11 is 3.82. The lowest BCUT2D eigenvalue weighted by Gasteiger charge is -1.89. The molecule has 3 rings (SSSR count). The van der Waals surface area contributed by atoms with Gasteiger partial charge in [0.15, 0.2) is 0 Å². The molecule has 0 amide bonds. The van der Waals surface area contributed by atoms with Gasteiger partial charge in [-0.1, -0.05) is 24.3 Å². The summed E-state index contributed by atoms with van der Waals surface area (Å²) in [5, 5.41) is 1.41. The van der Waals surface area contributed by atoms with Gasteiger partial charge >= 0.3 is 0 Å². The summed E-state index contributed by atoms with van der Waals surface area (Å²) in [5.74, 6) is 0. The fourth-order valence-electron chi connectivity index (χ4n) is 1.98. The molecule has 2 heterocycles. The molecule has 3 aromatic rings. The van der Waals surface area contributed by atoms with Crippen LogP contribution in [0.4, 0.5) is 0 Å². The van der Waals surface area contributed by atoms with E-state index in [-0.39, 0.29) is 0 Å². The first-order chi connectivity index (χ1) is 7.81. The van der Waals surface area contributed by atoms with Crippen molar-refractivity contribution in [2.45, 2.75) is 13.8 Å². The van der Waals surface area contributed by atoms with E-state index in [1.807, 2.05) is 22.7 Å². The highest BCUT2D eigenvalue weighted by Gasteiger charge is 2.11. The van der Waals surface area contributed by atoms with Gasteiger partial charge < -0.3 is 0 Å². The van der Waals surface area contributed by atoms with Crippen molar-refractivity contribution in [1.29, 1.82) is 0 Å². The Morgan fingerprint density at radius 3 is 2.69 bits per heavy atom. The monoisotopic (exact) mass is 244 g/mol. The number of hydrogen-bond acceptors (Lipinski definition) is 2. The van der Waals surface area contributed by atoms with Crippen molar-refractivity contribution in [1.82, 2.24) is 0 Å². The second kappa shape index (κ2) is 3.72. The Morgan fingerprint density at radius 2 is 1.88 bits per heavy atom. The minimum atomic E-state index is 1.40. The summed E-state index contributed by atoms with van der Waals surface area (Å²) < 4.78 is 4.31. The number of rotatable bonds is 1. The Kier molecular flexibility index (Phi) is 2.34. The third kappa shape index (κ3) is 1.34. The molecule has 16 heavy (non-hydrogen) atoms. The molecule has 0 aliphatic carbocycles. The molecule has 0 bridgehead atoms. The van der Waals surface area contributed by atoms with Crippen molar-refractivity contribution in [2.24, 2.45) is 0 Å².